The lowest BCUT2D eigenvalue weighted by atomic mass is 10.0. The summed E-state index contributed by atoms with van der Waals surface area (Å²) in [6.07, 6.45) is 0. The van der Waals surface area contributed by atoms with Crippen LogP contribution in [0.4, 0.5) is 0 Å². The normalized spacial score (nSPS) is 22.6. The molecule has 0 saturated carbocycles. The molecule has 1 aromatic carbocycles. The second kappa shape index (κ2) is 6.53. The van der Waals surface area contributed by atoms with Crippen molar-refractivity contribution in [2.45, 2.75) is 13.5 Å². The molecule has 2 atom stereocenters. The summed E-state index contributed by atoms with van der Waals surface area (Å²) in [4.78, 5) is 19.1. The quantitative estimate of drug-likeness (QED) is 0.926. The summed E-state index contributed by atoms with van der Waals surface area (Å²) in [7, 11) is 0. The molecule has 2 aliphatic rings. The van der Waals surface area contributed by atoms with E-state index >= 15 is 0 Å². The van der Waals surface area contributed by atoms with Crippen molar-refractivity contribution in [1.29, 1.82) is 0 Å². The van der Waals surface area contributed by atoms with E-state index in [1.54, 1.807) is 11.3 Å². The summed E-state index contributed by atoms with van der Waals surface area (Å²) < 4.78 is 5.80. The average Bonchev–Trinajstić information content (AvgIpc) is 3.28. The van der Waals surface area contributed by atoms with Crippen LogP contribution in [0.2, 0.25) is 0 Å². The van der Waals surface area contributed by atoms with E-state index in [-0.39, 0.29) is 5.91 Å². The van der Waals surface area contributed by atoms with E-state index < -0.39 is 0 Å². The lowest BCUT2D eigenvalue weighted by Crippen LogP contribution is -2.31. The van der Waals surface area contributed by atoms with Crippen molar-refractivity contribution >= 4 is 17.2 Å². The maximum atomic E-state index is 12.7. The molecule has 2 saturated heterocycles. The number of amides is 1. The molecule has 0 aliphatic carbocycles. The highest BCUT2D eigenvalue weighted by atomic mass is 32.1. The monoisotopic (exact) mass is 343 g/mol. The van der Waals surface area contributed by atoms with Crippen LogP contribution in [0.1, 0.15) is 21.1 Å². The number of carbonyl (C=O) groups excluding carboxylic acids is 1. The number of nitrogens with one attached hydrogen (secondary N) is 1. The molecule has 3 heterocycles. The zero-order chi connectivity index (χ0) is 16.5. The third kappa shape index (κ3) is 3.16. The molecule has 0 radical (unpaired) electrons. The van der Waals surface area contributed by atoms with Crippen molar-refractivity contribution in [1.82, 2.24) is 15.2 Å². The van der Waals surface area contributed by atoms with Crippen molar-refractivity contribution in [3.63, 3.8) is 0 Å². The van der Waals surface area contributed by atoms with Gasteiger partial charge < -0.3 is 15.0 Å². The summed E-state index contributed by atoms with van der Waals surface area (Å²) in [5, 5.41) is 6.44. The molecule has 0 bridgehead atoms. The van der Waals surface area contributed by atoms with Gasteiger partial charge in [-0.1, -0.05) is 6.07 Å². The van der Waals surface area contributed by atoms with Crippen LogP contribution in [0, 0.1) is 18.8 Å². The Bertz CT molecular complexity index is 733. The SMILES string of the molecule is Cc1nc(COc2cccc(C(=O)N3C[C@H]4CNC[C@H]4C3)c2)cs1. The van der Waals surface area contributed by atoms with Crippen LogP contribution in [0.25, 0.3) is 0 Å². The Morgan fingerprint density at radius 1 is 1.38 bits per heavy atom. The van der Waals surface area contributed by atoms with Crippen LogP contribution in [0.3, 0.4) is 0 Å². The Kier molecular flexibility index (Phi) is 4.24. The van der Waals surface area contributed by atoms with Crippen molar-refractivity contribution < 1.29 is 9.53 Å². The number of hydrogen-bond acceptors (Lipinski definition) is 5. The van der Waals surface area contributed by atoms with E-state index in [1.807, 2.05) is 41.5 Å². The van der Waals surface area contributed by atoms with Crippen LogP contribution in [-0.4, -0.2) is 42.0 Å². The molecule has 126 valence electrons. The van der Waals surface area contributed by atoms with Gasteiger partial charge in [0.1, 0.15) is 12.4 Å². The van der Waals surface area contributed by atoms with E-state index in [0.717, 1.165) is 36.9 Å². The highest BCUT2D eigenvalue weighted by Gasteiger charge is 2.38. The number of ether oxygens (including phenoxy) is 1. The lowest BCUT2D eigenvalue weighted by Gasteiger charge is -2.18. The third-order valence-electron chi connectivity index (χ3n) is 4.81. The van der Waals surface area contributed by atoms with Gasteiger partial charge in [0, 0.05) is 37.1 Å². The van der Waals surface area contributed by atoms with Crippen LogP contribution in [-0.2, 0) is 6.61 Å². The molecular weight excluding hydrogens is 322 g/mol. The van der Waals surface area contributed by atoms with Gasteiger partial charge in [-0.3, -0.25) is 4.79 Å². The second-order valence-electron chi connectivity index (χ2n) is 6.56. The van der Waals surface area contributed by atoms with Gasteiger partial charge in [-0.15, -0.1) is 11.3 Å². The van der Waals surface area contributed by atoms with Crippen LogP contribution in [0.15, 0.2) is 29.6 Å². The molecule has 4 rings (SSSR count). The first kappa shape index (κ1) is 15.6. The number of aromatic nitrogens is 1. The van der Waals surface area contributed by atoms with E-state index in [9.17, 15) is 4.79 Å². The maximum Gasteiger partial charge on any atom is 0.254 e. The van der Waals surface area contributed by atoms with Crippen molar-refractivity contribution in [3.8, 4) is 5.75 Å². The predicted octanol–water partition coefficient (Wildman–Crippen LogP) is 2.32. The number of rotatable bonds is 4. The first-order valence-electron chi connectivity index (χ1n) is 8.33. The van der Waals surface area contributed by atoms with Gasteiger partial charge in [0.25, 0.3) is 5.91 Å². The smallest absolute Gasteiger partial charge is 0.254 e. The first-order valence-corrected chi connectivity index (χ1v) is 9.21. The third-order valence-corrected chi connectivity index (χ3v) is 5.63. The predicted molar refractivity (Wildman–Crippen MR) is 93.4 cm³/mol. The molecule has 6 heteroatoms. The number of likely N-dealkylation sites (tertiary alicyclic amines) is 1. The van der Waals surface area contributed by atoms with E-state index in [4.69, 9.17) is 4.74 Å². The van der Waals surface area contributed by atoms with Crippen molar-refractivity contribution in [3.05, 3.63) is 45.9 Å². The van der Waals surface area contributed by atoms with Gasteiger partial charge >= 0.3 is 0 Å². The highest BCUT2D eigenvalue weighted by Crippen LogP contribution is 2.28. The molecule has 1 aromatic heterocycles. The fourth-order valence-corrected chi connectivity index (χ4v) is 4.15. The molecule has 1 N–H and O–H groups in total. The van der Waals surface area contributed by atoms with E-state index in [1.165, 1.54) is 0 Å². The van der Waals surface area contributed by atoms with Gasteiger partial charge in [-0.2, -0.15) is 0 Å². The summed E-state index contributed by atoms with van der Waals surface area (Å²) in [6.45, 7) is 6.20. The van der Waals surface area contributed by atoms with Gasteiger partial charge in [0.05, 0.1) is 10.7 Å². The summed E-state index contributed by atoms with van der Waals surface area (Å²) in [5.41, 5.74) is 1.63. The number of aryl methyl sites for hydroxylation is 1. The second-order valence-corrected chi connectivity index (χ2v) is 7.63. The number of benzene rings is 1. The minimum atomic E-state index is 0.111. The van der Waals surface area contributed by atoms with Gasteiger partial charge in [-0.05, 0) is 37.0 Å². The Morgan fingerprint density at radius 3 is 2.88 bits per heavy atom. The molecule has 24 heavy (non-hydrogen) atoms. The van der Waals surface area contributed by atoms with E-state index in [0.29, 0.717) is 29.8 Å². The summed E-state index contributed by atoms with van der Waals surface area (Å²) >= 11 is 1.62. The zero-order valence-corrected chi connectivity index (χ0v) is 14.5. The van der Waals surface area contributed by atoms with Crippen molar-refractivity contribution in [2.75, 3.05) is 26.2 Å². The average molecular weight is 343 g/mol. The Balaban J connectivity index is 1.41. The largest absolute Gasteiger partial charge is 0.487 e. The van der Waals surface area contributed by atoms with E-state index in [2.05, 4.69) is 10.3 Å². The van der Waals surface area contributed by atoms with Gasteiger partial charge in [-0.25, -0.2) is 4.98 Å². The summed E-state index contributed by atoms with van der Waals surface area (Å²) in [5.74, 6) is 2.05. The number of carbonyl (C=O) groups is 1. The first-order chi connectivity index (χ1) is 11.7. The standard InChI is InChI=1S/C18H21N3O2S/c1-12-20-16(11-24-12)10-23-17-4-2-3-13(5-17)18(22)21-8-14-6-19-7-15(14)9-21/h2-5,11,14-15,19H,6-10H2,1H3/t14-,15+. The molecule has 2 aliphatic heterocycles. The number of fused-ring (bicyclic) bond motifs is 1. The van der Waals surface area contributed by atoms with Crippen LogP contribution >= 0.6 is 11.3 Å². The highest BCUT2D eigenvalue weighted by molar-refractivity contribution is 7.09. The number of nitrogens with zero attached hydrogens (tertiary/aromatic N) is 2. The fraction of sp³-hybridized carbons (Fsp3) is 0.444. The molecule has 0 spiro atoms. The molecule has 2 aromatic rings. The maximum absolute atomic E-state index is 12.7. The molecular formula is C18H21N3O2S. The number of thiazole rings is 1. The fourth-order valence-electron chi connectivity index (χ4n) is 3.55. The zero-order valence-electron chi connectivity index (χ0n) is 13.7. The Morgan fingerprint density at radius 2 is 2.17 bits per heavy atom. The molecule has 5 nitrogen and oxygen atoms in total. The van der Waals surface area contributed by atoms with Crippen LogP contribution < -0.4 is 10.1 Å². The molecule has 0 unspecified atom stereocenters. The van der Waals surface area contributed by atoms with Crippen LogP contribution in [0.5, 0.6) is 5.75 Å². The number of hydrogen-bond donors (Lipinski definition) is 1. The lowest BCUT2D eigenvalue weighted by molar-refractivity contribution is 0.0781. The topological polar surface area (TPSA) is 54.5 Å². The molecule has 1 amide bonds. The minimum absolute atomic E-state index is 0.111. The Labute approximate surface area is 145 Å². The summed E-state index contributed by atoms with van der Waals surface area (Å²) in [6, 6.07) is 7.48. The minimum Gasteiger partial charge on any atom is -0.487 e. The Hall–Kier alpha value is -1.92. The van der Waals surface area contributed by atoms with Gasteiger partial charge in [0.15, 0.2) is 0 Å². The van der Waals surface area contributed by atoms with Crippen molar-refractivity contribution in [2.24, 2.45) is 11.8 Å². The molecule has 2 fully saturated rings. The van der Waals surface area contributed by atoms with Gasteiger partial charge in [0.2, 0.25) is 0 Å².